The molecule has 0 aliphatic carbocycles. The van der Waals surface area contributed by atoms with E-state index in [9.17, 15) is 33.9 Å². The number of hydrogen-bond donors (Lipinski definition) is 8. The maximum absolute atomic E-state index is 12.2. The van der Waals surface area contributed by atoms with Crippen molar-refractivity contribution >= 4 is 35.5 Å². The molecule has 0 saturated heterocycles. The number of aliphatic hydroxyl groups excluding tert-OH is 1. The second kappa shape index (κ2) is 13.1. The lowest BCUT2D eigenvalue weighted by atomic mass is 10.1. The van der Waals surface area contributed by atoms with Crippen LogP contribution in [0.15, 0.2) is 0 Å². The molecule has 0 spiro atoms. The third kappa shape index (κ3) is 10.3. The van der Waals surface area contributed by atoms with Crippen LogP contribution in [0.3, 0.4) is 0 Å². The zero-order valence-electron chi connectivity index (χ0n) is 16.4. The van der Waals surface area contributed by atoms with E-state index >= 15 is 0 Å². The topological polar surface area (TPSA) is 257 Å². The number of nitrogens with one attached hydrogen (secondary N) is 3. The molecule has 0 aromatic rings. The molecule has 0 aliphatic heterocycles. The number of primary amides is 2. The number of aliphatic carboxylic acids is 1. The molecular weight excluding hydrogens is 404 g/mol. The first-order valence-corrected chi connectivity index (χ1v) is 8.96. The standard InChI is InChI=1S/C16H28N6O8/c1-7(13(26)21-9(16(29)30)3-5-12(19)25)20-15(28)10(6-23)22-14(27)8(17)2-4-11(18)24/h7-10,23H,2-6,17H2,1H3,(H2,18,24)(H2,19,25)(H,20,28)(H,21,26)(H,22,27)(H,29,30)/t7-,8-,9-,10-/m0/s1. The number of nitrogens with two attached hydrogens (primary N) is 3. The third-order valence-corrected chi connectivity index (χ3v) is 3.90. The number of carbonyl (C=O) groups is 6. The lowest BCUT2D eigenvalue weighted by molar-refractivity contribution is -0.142. The molecule has 0 aromatic carbocycles. The molecule has 0 saturated carbocycles. The molecule has 14 heteroatoms. The van der Waals surface area contributed by atoms with Crippen LogP contribution in [0.2, 0.25) is 0 Å². The molecular formula is C16H28N6O8. The van der Waals surface area contributed by atoms with Gasteiger partial charge in [0.25, 0.3) is 0 Å². The minimum Gasteiger partial charge on any atom is -0.480 e. The highest BCUT2D eigenvalue weighted by Crippen LogP contribution is 1.99. The first-order chi connectivity index (χ1) is 13.9. The summed E-state index contributed by atoms with van der Waals surface area (Å²) in [5, 5.41) is 24.9. The van der Waals surface area contributed by atoms with Gasteiger partial charge in [0.15, 0.2) is 0 Å². The summed E-state index contributed by atoms with van der Waals surface area (Å²) in [6, 6.07) is -5.23. The van der Waals surface area contributed by atoms with Crippen molar-refractivity contribution in [1.29, 1.82) is 0 Å². The van der Waals surface area contributed by atoms with Crippen molar-refractivity contribution in [2.24, 2.45) is 17.2 Å². The van der Waals surface area contributed by atoms with Crippen molar-refractivity contribution in [2.75, 3.05) is 6.61 Å². The van der Waals surface area contributed by atoms with Gasteiger partial charge in [0.1, 0.15) is 18.1 Å². The fourth-order valence-corrected chi connectivity index (χ4v) is 2.12. The highest BCUT2D eigenvalue weighted by molar-refractivity contribution is 5.94. The number of carboxylic acids is 1. The van der Waals surface area contributed by atoms with Crippen molar-refractivity contribution in [3.05, 3.63) is 0 Å². The molecule has 0 aromatic heterocycles. The van der Waals surface area contributed by atoms with Gasteiger partial charge in [-0.15, -0.1) is 0 Å². The number of aliphatic hydroxyl groups is 1. The van der Waals surface area contributed by atoms with Gasteiger partial charge in [-0.25, -0.2) is 4.79 Å². The molecule has 0 aliphatic rings. The zero-order valence-corrected chi connectivity index (χ0v) is 16.4. The molecule has 14 nitrogen and oxygen atoms in total. The molecule has 11 N–H and O–H groups in total. The molecule has 170 valence electrons. The average Bonchev–Trinajstić information content (AvgIpc) is 2.65. The molecule has 0 heterocycles. The number of carbonyl (C=O) groups excluding carboxylic acids is 5. The van der Waals surface area contributed by atoms with Crippen LogP contribution >= 0.6 is 0 Å². The first-order valence-electron chi connectivity index (χ1n) is 8.96. The van der Waals surface area contributed by atoms with Crippen LogP contribution in [-0.4, -0.2) is 76.5 Å². The number of carboxylic acid groups (broad SMARTS) is 1. The summed E-state index contributed by atoms with van der Waals surface area (Å²) >= 11 is 0. The predicted octanol–water partition coefficient (Wildman–Crippen LogP) is -4.60. The minimum absolute atomic E-state index is 0.0678. The fourth-order valence-electron chi connectivity index (χ4n) is 2.12. The summed E-state index contributed by atoms with van der Waals surface area (Å²) in [5.74, 6) is -5.42. The second-order valence-corrected chi connectivity index (χ2v) is 6.49. The summed E-state index contributed by atoms with van der Waals surface area (Å²) in [5.41, 5.74) is 15.5. The van der Waals surface area contributed by atoms with Gasteiger partial charge in [-0.3, -0.25) is 24.0 Å². The Labute approximate surface area is 171 Å². The quantitative estimate of drug-likeness (QED) is 0.131. The summed E-state index contributed by atoms with van der Waals surface area (Å²) in [6.45, 7) is 0.430. The highest BCUT2D eigenvalue weighted by Gasteiger charge is 2.28. The molecule has 0 bridgehead atoms. The van der Waals surface area contributed by atoms with Crippen molar-refractivity contribution in [3.8, 4) is 0 Å². The molecule has 0 unspecified atom stereocenters. The van der Waals surface area contributed by atoms with Gasteiger partial charge in [-0.05, 0) is 19.8 Å². The lowest BCUT2D eigenvalue weighted by Gasteiger charge is -2.22. The molecule has 0 fully saturated rings. The van der Waals surface area contributed by atoms with Crippen LogP contribution in [-0.2, 0) is 28.8 Å². The number of rotatable bonds is 14. The Kier molecular flexibility index (Phi) is 11.6. The van der Waals surface area contributed by atoms with Gasteiger partial charge in [-0.1, -0.05) is 0 Å². The largest absolute Gasteiger partial charge is 0.480 e. The number of amides is 5. The Balaban J connectivity index is 4.79. The van der Waals surface area contributed by atoms with E-state index in [-0.39, 0.29) is 25.7 Å². The summed E-state index contributed by atoms with van der Waals surface area (Å²) in [7, 11) is 0. The normalized spacial score (nSPS) is 14.5. The molecule has 4 atom stereocenters. The summed E-state index contributed by atoms with van der Waals surface area (Å²) in [4.78, 5) is 68.9. The van der Waals surface area contributed by atoms with Gasteiger partial charge >= 0.3 is 5.97 Å². The zero-order chi connectivity index (χ0) is 23.4. The van der Waals surface area contributed by atoms with Crippen LogP contribution in [0, 0.1) is 0 Å². The van der Waals surface area contributed by atoms with Crippen LogP contribution in [0.4, 0.5) is 0 Å². The molecule has 5 amide bonds. The van der Waals surface area contributed by atoms with Crippen LogP contribution in [0.1, 0.15) is 32.6 Å². The minimum atomic E-state index is -1.45. The summed E-state index contributed by atoms with van der Waals surface area (Å²) in [6.07, 6.45) is -0.730. The van der Waals surface area contributed by atoms with E-state index < -0.39 is 66.3 Å². The third-order valence-electron chi connectivity index (χ3n) is 3.90. The smallest absolute Gasteiger partial charge is 0.326 e. The van der Waals surface area contributed by atoms with E-state index in [1.54, 1.807) is 0 Å². The maximum atomic E-state index is 12.2. The monoisotopic (exact) mass is 432 g/mol. The summed E-state index contributed by atoms with van der Waals surface area (Å²) < 4.78 is 0. The van der Waals surface area contributed by atoms with Gasteiger partial charge in [0.2, 0.25) is 29.5 Å². The van der Waals surface area contributed by atoms with Crippen molar-refractivity contribution in [1.82, 2.24) is 16.0 Å². The first kappa shape index (κ1) is 26.7. The van der Waals surface area contributed by atoms with Crippen molar-refractivity contribution in [2.45, 2.75) is 56.8 Å². The van der Waals surface area contributed by atoms with E-state index in [0.717, 1.165) is 0 Å². The van der Waals surface area contributed by atoms with E-state index in [4.69, 9.17) is 22.3 Å². The van der Waals surface area contributed by atoms with Crippen molar-refractivity contribution in [3.63, 3.8) is 0 Å². The average molecular weight is 432 g/mol. The Hall–Kier alpha value is -3.26. The van der Waals surface area contributed by atoms with Gasteiger partial charge in [0, 0.05) is 12.8 Å². The van der Waals surface area contributed by atoms with Crippen LogP contribution in [0.25, 0.3) is 0 Å². The van der Waals surface area contributed by atoms with Crippen LogP contribution in [0.5, 0.6) is 0 Å². The molecule has 30 heavy (non-hydrogen) atoms. The van der Waals surface area contributed by atoms with Crippen molar-refractivity contribution < 1.29 is 39.0 Å². The van der Waals surface area contributed by atoms with Gasteiger partial charge in [-0.2, -0.15) is 0 Å². The van der Waals surface area contributed by atoms with Gasteiger partial charge < -0.3 is 43.4 Å². The Morgan fingerprint density at radius 1 is 0.800 bits per heavy atom. The van der Waals surface area contributed by atoms with E-state index in [0.29, 0.717) is 0 Å². The Morgan fingerprint density at radius 2 is 1.30 bits per heavy atom. The molecule has 0 rings (SSSR count). The molecule has 0 radical (unpaired) electrons. The van der Waals surface area contributed by atoms with E-state index in [1.807, 2.05) is 0 Å². The maximum Gasteiger partial charge on any atom is 0.326 e. The van der Waals surface area contributed by atoms with E-state index in [1.165, 1.54) is 6.92 Å². The van der Waals surface area contributed by atoms with Gasteiger partial charge in [0.05, 0.1) is 12.6 Å². The highest BCUT2D eigenvalue weighted by atomic mass is 16.4. The van der Waals surface area contributed by atoms with Crippen LogP contribution < -0.4 is 33.2 Å². The van der Waals surface area contributed by atoms with E-state index in [2.05, 4.69) is 16.0 Å². The number of hydrogen-bond acceptors (Lipinski definition) is 8. The second-order valence-electron chi connectivity index (χ2n) is 6.49. The fraction of sp³-hybridized carbons (Fsp3) is 0.625. The lowest BCUT2D eigenvalue weighted by Crippen LogP contribution is -2.57. The Morgan fingerprint density at radius 3 is 1.77 bits per heavy atom. The Bertz CT molecular complexity index is 670. The SMILES string of the molecule is C[C@H](NC(=O)[C@H](CO)NC(=O)[C@@H](N)CCC(N)=O)C(=O)N[C@@H](CCC(N)=O)C(=O)O. The predicted molar refractivity (Wildman–Crippen MR) is 101 cm³/mol.